The van der Waals surface area contributed by atoms with Crippen LogP contribution in [0.1, 0.15) is 51.2 Å². The molecule has 4 heteroatoms. The molecule has 0 amide bonds. The van der Waals surface area contributed by atoms with Gasteiger partial charge >= 0.3 is 0 Å². The van der Waals surface area contributed by atoms with Gasteiger partial charge in [-0.05, 0) is 29.7 Å². The van der Waals surface area contributed by atoms with E-state index in [-0.39, 0.29) is 5.41 Å². The minimum absolute atomic E-state index is 0.260. The molecular formula is C15H20N2OS. The van der Waals surface area contributed by atoms with Crippen LogP contribution < -0.4 is 5.73 Å². The van der Waals surface area contributed by atoms with Crippen molar-refractivity contribution in [1.29, 1.82) is 0 Å². The minimum atomic E-state index is 0.260. The molecule has 2 aromatic heterocycles. The van der Waals surface area contributed by atoms with Crippen LogP contribution in [0.2, 0.25) is 0 Å². The van der Waals surface area contributed by atoms with Crippen molar-refractivity contribution < 1.29 is 4.52 Å². The highest BCUT2D eigenvalue weighted by atomic mass is 32.1. The molecule has 1 saturated carbocycles. The number of anilines is 1. The van der Waals surface area contributed by atoms with Gasteiger partial charge in [-0.1, -0.05) is 37.9 Å². The number of hydrogen-bond donors (Lipinski definition) is 1. The number of thiophene rings is 1. The average molecular weight is 276 g/mol. The van der Waals surface area contributed by atoms with Gasteiger partial charge < -0.3 is 10.3 Å². The first-order valence-corrected chi connectivity index (χ1v) is 7.76. The second-order valence-corrected chi connectivity index (χ2v) is 7.02. The van der Waals surface area contributed by atoms with Gasteiger partial charge in [0.25, 0.3) is 0 Å². The molecule has 2 aromatic rings. The van der Waals surface area contributed by atoms with Crippen LogP contribution in [0.25, 0.3) is 10.4 Å². The molecule has 19 heavy (non-hydrogen) atoms. The van der Waals surface area contributed by atoms with E-state index in [1.807, 2.05) is 6.07 Å². The summed E-state index contributed by atoms with van der Waals surface area (Å²) in [6.07, 6.45) is 4.97. The minimum Gasteiger partial charge on any atom is -0.380 e. The molecule has 0 bridgehead atoms. The second kappa shape index (κ2) is 4.67. The molecule has 2 heterocycles. The van der Waals surface area contributed by atoms with Crippen LogP contribution in [-0.4, -0.2) is 5.16 Å². The van der Waals surface area contributed by atoms with Crippen molar-refractivity contribution >= 4 is 17.2 Å². The van der Waals surface area contributed by atoms with Gasteiger partial charge in [0.2, 0.25) is 0 Å². The summed E-state index contributed by atoms with van der Waals surface area (Å²) in [4.78, 5) is 1.16. The van der Waals surface area contributed by atoms with Gasteiger partial charge in [-0.2, -0.15) is 0 Å². The monoisotopic (exact) mass is 276 g/mol. The number of rotatable bonds is 2. The first-order chi connectivity index (χ1) is 9.09. The van der Waals surface area contributed by atoms with E-state index in [1.54, 1.807) is 11.3 Å². The molecule has 0 radical (unpaired) electrons. The van der Waals surface area contributed by atoms with E-state index >= 15 is 0 Å². The van der Waals surface area contributed by atoms with E-state index in [1.165, 1.54) is 25.7 Å². The molecule has 1 unspecified atom stereocenters. The lowest BCUT2D eigenvalue weighted by atomic mass is 9.67. The summed E-state index contributed by atoms with van der Waals surface area (Å²) in [6, 6.07) is 4.13. The molecule has 1 atom stereocenters. The maximum absolute atomic E-state index is 6.03. The van der Waals surface area contributed by atoms with Crippen LogP contribution in [0.4, 0.5) is 5.82 Å². The van der Waals surface area contributed by atoms with Crippen molar-refractivity contribution in [2.75, 3.05) is 5.73 Å². The lowest BCUT2D eigenvalue weighted by molar-refractivity contribution is 0.169. The first-order valence-electron chi connectivity index (χ1n) is 6.88. The van der Waals surface area contributed by atoms with Crippen LogP contribution in [0.3, 0.4) is 0 Å². The first kappa shape index (κ1) is 12.7. The Morgan fingerprint density at radius 1 is 1.42 bits per heavy atom. The van der Waals surface area contributed by atoms with E-state index in [0.717, 1.165) is 16.2 Å². The molecule has 1 aliphatic rings. The Morgan fingerprint density at radius 2 is 2.26 bits per heavy atom. The molecule has 3 rings (SSSR count). The number of hydrogen-bond acceptors (Lipinski definition) is 4. The molecule has 0 aromatic carbocycles. The van der Waals surface area contributed by atoms with E-state index in [4.69, 9.17) is 10.3 Å². The van der Waals surface area contributed by atoms with E-state index in [2.05, 4.69) is 30.5 Å². The predicted molar refractivity (Wildman–Crippen MR) is 79.2 cm³/mol. The fourth-order valence-corrected chi connectivity index (χ4v) is 3.99. The van der Waals surface area contributed by atoms with Crippen molar-refractivity contribution in [2.45, 2.75) is 45.4 Å². The Balaban J connectivity index is 2.06. The molecule has 102 valence electrons. The zero-order valence-corrected chi connectivity index (χ0v) is 12.3. The number of aromatic nitrogens is 1. The van der Waals surface area contributed by atoms with Crippen molar-refractivity contribution in [3.63, 3.8) is 0 Å². The largest absolute Gasteiger partial charge is 0.380 e. The van der Waals surface area contributed by atoms with Crippen molar-refractivity contribution in [3.8, 4) is 10.4 Å². The topological polar surface area (TPSA) is 52.0 Å². The molecule has 2 N–H and O–H groups in total. The lowest BCUT2D eigenvalue weighted by Gasteiger charge is -2.37. The zero-order chi connectivity index (χ0) is 13.5. The average Bonchev–Trinajstić information content (AvgIpc) is 2.97. The Bertz CT molecular complexity index is 557. The van der Waals surface area contributed by atoms with Gasteiger partial charge in [0.15, 0.2) is 11.6 Å². The zero-order valence-electron chi connectivity index (χ0n) is 11.5. The molecule has 0 spiro atoms. The quantitative estimate of drug-likeness (QED) is 0.867. The molecule has 1 fully saturated rings. The van der Waals surface area contributed by atoms with Gasteiger partial charge in [0.05, 0.1) is 5.56 Å². The van der Waals surface area contributed by atoms with Gasteiger partial charge in [-0.25, -0.2) is 0 Å². The molecule has 1 aliphatic carbocycles. The summed E-state index contributed by atoms with van der Waals surface area (Å²) in [5, 5.41) is 6.09. The smallest absolute Gasteiger partial charge is 0.175 e. The highest BCUT2D eigenvalue weighted by Crippen LogP contribution is 2.50. The van der Waals surface area contributed by atoms with Crippen LogP contribution in [-0.2, 0) is 0 Å². The Kier molecular flexibility index (Phi) is 3.13. The van der Waals surface area contributed by atoms with E-state index in [9.17, 15) is 0 Å². The highest BCUT2D eigenvalue weighted by Gasteiger charge is 2.38. The van der Waals surface area contributed by atoms with Crippen molar-refractivity contribution in [3.05, 3.63) is 23.3 Å². The molecule has 3 nitrogen and oxygen atoms in total. The maximum Gasteiger partial charge on any atom is 0.175 e. The number of nitrogen functional groups attached to an aromatic ring is 1. The van der Waals surface area contributed by atoms with Crippen LogP contribution >= 0.6 is 11.3 Å². The standard InChI is InChI=1S/C15H20N2OS/c1-15(2)8-4-3-6-10(15)13-12(14(16)17-18-13)11-7-5-9-19-11/h5,7,9-10H,3-4,6,8H2,1-2H3,(H2,16,17). The van der Waals surface area contributed by atoms with Gasteiger partial charge in [-0.3, -0.25) is 0 Å². The summed E-state index contributed by atoms with van der Waals surface area (Å²) in [6.45, 7) is 4.65. The van der Waals surface area contributed by atoms with Crippen LogP contribution in [0.15, 0.2) is 22.0 Å². The lowest BCUT2D eigenvalue weighted by Crippen LogP contribution is -2.26. The fourth-order valence-electron chi connectivity index (χ4n) is 3.20. The van der Waals surface area contributed by atoms with Gasteiger partial charge in [-0.15, -0.1) is 11.3 Å². The predicted octanol–water partition coefficient (Wildman–Crippen LogP) is 4.67. The number of nitrogens with two attached hydrogens (primary N) is 1. The third kappa shape index (κ3) is 2.18. The Hall–Kier alpha value is -1.29. The summed E-state index contributed by atoms with van der Waals surface area (Å²) in [5.74, 6) is 1.94. The Labute approximate surface area is 117 Å². The third-order valence-electron chi connectivity index (χ3n) is 4.34. The fraction of sp³-hybridized carbons (Fsp3) is 0.533. The van der Waals surface area contributed by atoms with Crippen molar-refractivity contribution in [2.24, 2.45) is 5.41 Å². The maximum atomic E-state index is 6.03. The number of nitrogens with zero attached hydrogens (tertiary/aromatic N) is 1. The SMILES string of the molecule is CC1(C)CCCCC1c1onc(N)c1-c1cccs1. The van der Waals surface area contributed by atoms with Crippen molar-refractivity contribution in [1.82, 2.24) is 5.16 Å². The van der Waals surface area contributed by atoms with E-state index in [0.29, 0.717) is 11.7 Å². The Morgan fingerprint density at radius 3 is 2.95 bits per heavy atom. The highest BCUT2D eigenvalue weighted by molar-refractivity contribution is 7.13. The normalized spacial score (nSPS) is 22.5. The van der Waals surface area contributed by atoms with Gasteiger partial charge in [0, 0.05) is 10.8 Å². The van der Waals surface area contributed by atoms with Crippen LogP contribution in [0.5, 0.6) is 0 Å². The summed E-state index contributed by atoms with van der Waals surface area (Å²) < 4.78 is 5.63. The summed E-state index contributed by atoms with van der Waals surface area (Å²) >= 11 is 1.69. The van der Waals surface area contributed by atoms with Gasteiger partial charge in [0.1, 0.15) is 0 Å². The van der Waals surface area contributed by atoms with Crippen LogP contribution in [0, 0.1) is 5.41 Å². The molecule has 0 aliphatic heterocycles. The molecule has 0 saturated heterocycles. The van der Waals surface area contributed by atoms with E-state index < -0.39 is 0 Å². The summed E-state index contributed by atoms with van der Waals surface area (Å²) in [7, 11) is 0. The third-order valence-corrected chi connectivity index (χ3v) is 5.22. The second-order valence-electron chi connectivity index (χ2n) is 6.07. The molecular weight excluding hydrogens is 256 g/mol. The summed E-state index contributed by atoms with van der Waals surface area (Å²) in [5.41, 5.74) is 7.31.